The van der Waals surface area contributed by atoms with Crippen LogP contribution in [0.4, 0.5) is 0 Å². The number of nitrogens with zero attached hydrogens (tertiary/aromatic N) is 1. The lowest BCUT2D eigenvalue weighted by Crippen LogP contribution is -2.58. The fourth-order valence-electron chi connectivity index (χ4n) is 1.60. The molecule has 4 heteroatoms. The Morgan fingerprint density at radius 3 is 2.50 bits per heavy atom. The Kier molecular flexibility index (Phi) is 2.88. The van der Waals surface area contributed by atoms with Gasteiger partial charge in [0, 0.05) is 13.1 Å². The highest BCUT2D eigenvalue weighted by molar-refractivity contribution is 5.85. The Morgan fingerprint density at radius 1 is 1.50 bits per heavy atom. The van der Waals surface area contributed by atoms with Gasteiger partial charge in [-0.1, -0.05) is 0 Å². The first-order valence-electron chi connectivity index (χ1n) is 4.95. The minimum absolute atomic E-state index is 0.00567. The van der Waals surface area contributed by atoms with Crippen LogP contribution in [0.15, 0.2) is 0 Å². The van der Waals surface area contributed by atoms with Gasteiger partial charge in [-0.3, -0.25) is 4.79 Å². The second-order valence-electron chi connectivity index (χ2n) is 5.06. The highest BCUT2D eigenvalue weighted by atomic mass is 16.5. The van der Waals surface area contributed by atoms with Gasteiger partial charge in [0.25, 0.3) is 0 Å². The molecule has 1 heterocycles. The molecule has 14 heavy (non-hydrogen) atoms. The maximum absolute atomic E-state index is 11.9. The minimum atomic E-state index is -0.784. The van der Waals surface area contributed by atoms with E-state index in [-0.39, 0.29) is 11.5 Å². The molecule has 1 fully saturated rings. The number of ether oxygens (including phenoxy) is 1. The molecule has 1 amide bonds. The van der Waals surface area contributed by atoms with Crippen molar-refractivity contribution >= 4 is 5.91 Å². The zero-order chi connectivity index (χ0) is 11.0. The maximum Gasteiger partial charge on any atom is 0.242 e. The van der Waals surface area contributed by atoms with Gasteiger partial charge >= 0.3 is 0 Å². The Hall–Kier alpha value is -0.610. The third-order valence-corrected chi connectivity index (χ3v) is 2.26. The third-order valence-electron chi connectivity index (χ3n) is 2.26. The molecule has 4 nitrogen and oxygen atoms in total. The largest absolute Gasteiger partial charge is 0.372 e. The van der Waals surface area contributed by atoms with E-state index in [4.69, 9.17) is 10.5 Å². The van der Waals surface area contributed by atoms with Crippen LogP contribution in [0, 0.1) is 0 Å². The molecule has 0 aromatic carbocycles. The number of carbonyl (C=O) groups is 1. The quantitative estimate of drug-likeness (QED) is 0.665. The molecule has 1 aliphatic heterocycles. The molecule has 0 bridgehead atoms. The van der Waals surface area contributed by atoms with Crippen LogP contribution in [0.1, 0.15) is 27.7 Å². The summed E-state index contributed by atoms with van der Waals surface area (Å²) in [4.78, 5) is 13.6. The number of hydrogen-bond donors (Lipinski definition) is 1. The summed E-state index contributed by atoms with van der Waals surface area (Å²) in [6, 6.07) is 0. The number of hydrogen-bond acceptors (Lipinski definition) is 3. The predicted octanol–water partition coefficient (Wildman–Crippen LogP) is 0.361. The van der Waals surface area contributed by atoms with Crippen molar-refractivity contribution in [3.8, 4) is 0 Å². The van der Waals surface area contributed by atoms with Crippen molar-refractivity contribution in [1.29, 1.82) is 0 Å². The molecule has 1 aliphatic rings. The first-order chi connectivity index (χ1) is 6.22. The van der Waals surface area contributed by atoms with Crippen LogP contribution in [-0.2, 0) is 9.53 Å². The molecule has 0 radical (unpaired) electrons. The molecule has 0 atom stereocenters. The zero-order valence-corrected chi connectivity index (χ0v) is 9.46. The number of carbonyl (C=O) groups excluding carboxylic acids is 1. The number of morpholine rings is 1. The Morgan fingerprint density at radius 2 is 2.07 bits per heavy atom. The first-order valence-corrected chi connectivity index (χ1v) is 4.95. The molecular weight excluding hydrogens is 180 g/mol. The van der Waals surface area contributed by atoms with Gasteiger partial charge in [0.05, 0.1) is 17.7 Å². The van der Waals surface area contributed by atoms with Crippen molar-refractivity contribution in [3.63, 3.8) is 0 Å². The molecule has 82 valence electrons. The van der Waals surface area contributed by atoms with Gasteiger partial charge in [-0.05, 0) is 27.7 Å². The van der Waals surface area contributed by atoms with E-state index in [1.807, 2.05) is 13.8 Å². The molecule has 0 aromatic rings. The Bertz CT molecular complexity index is 231. The van der Waals surface area contributed by atoms with Crippen LogP contribution >= 0.6 is 0 Å². The smallest absolute Gasteiger partial charge is 0.242 e. The van der Waals surface area contributed by atoms with Gasteiger partial charge in [0.1, 0.15) is 0 Å². The number of nitrogens with two attached hydrogens (primary N) is 1. The van der Waals surface area contributed by atoms with Gasteiger partial charge < -0.3 is 15.4 Å². The van der Waals surface area contributed by atoms with E-state index >= 15 is 0 Å². The summed E-state index contributed by atoms with van der Waals surface area (Å²) in [5.41, 5.74) is 4.73. The first kappa shape index (κ1) is 11.5. The van der Waals surface area contributed by atoms with E-state index in [0.717, 1.165) is 0 Å². The van der Waals surface area contributed by atoms with E-state index in [1.54, 1.807) is 18.7 Å². The van der Waals surface area contributed by atoms with Gasteiger partial charge in [-0.15, -0.1) is 0 Å². The summed E-state index contributed by atoms with van der Waals surface area (Å²) in [5.74, 6) is -0.00567. The van der Waals surface area contributed by atoms with Crippen molar-refractivity contribution in [2.24, 2.45) is 5.73 Å². The molecule has 1 saturated heterocycles. The van der Waals surface area contributed by atoms with Gasteiger partial charge in [-0.25, -0.2) is 0 Å². The lowest BCUT2D eigenvalue weighted by molar-refractivity contribution is -0.150. The third kappa shape index (κ3) is 2.69. The molecule has 0 aliphatic carbocycles. The average Bonchev–Trinajstić information content (AvgIpc) is 1.99. The van der Waals surface area contributed by atoms with Gasteiger partial charge in [-0.2, -0.15) is 0 Å². The van der Waals surface area contributed by atoms with Crippen LogP contribution < -0.4 is 5.73 Å². The van der Waals surface area contributed by atoms with Crippen molar-refractivity contribution < 1.29 is 9.53 Å². The van der Waals surface area contributed by atoms with Crippen molar-refractivity contribution in [3.05, 3.63) is 0 Å². The standard InChI is InChI=1S/C10H20N2O2/c1-9(2)7-12(5-6-14-9)8(13)10(3,4)11/h5-7,11H2,1-4H3. The van der Waals surface area contributed by atoms with Gasteiger partial charge in [0.15, 0.2) is 0 Å². The zero-order valence-electron chi connectivity index (χ0n) is 9.46. The fourth-order valence-corrected chi connectivity index (χ4v) is 1.60. The van der Waals surface area contributed by atoms with E-state index in [2.05, 4.69) is 0 Å². The van der Waals surface area contributed by atoms with Crippen LogP contribution in [-0.4, -0.2) is 41.6 Å². The molecule has 0 saturated carbocycles. The molecule has 1 rings (SSSR count). The highest BCUT2D eigenvalue weighted by Gasteiger charge is 2.34. The van der Waals surface area contributed by atoms with Gasteiger partial charge in [0.2, 0.25) is 5.91 Å². The van der Waals surface area contributed by atoms with Crippen LogP contribution in [0.25, 0.3) is 0 Å². The van der Waals surface area contributed by atoms with Crippen molar-refractivity contribution in [2.75, 3.05) is 19.7 Å². The summed E-state index contributed by atoms with van der Waals surface area (Å²) >= 11 is 0. The normalized spacial score (nSPS) is 22.2. The SMILES string of the molecule is CC1(C)CN(C(=O)C(C)(C)N)CCO1. The summed E-state index contributed by atoms with van der Waals surface area (Å²) in [7, 11) is 0. The second-order valence-corrected chi connectivity index (χ2v) is 5.06. The van der Waals surface area contributed by atoms with Crippen LogP contribution in [0.2, 0.25) is 0 Å². The molecule has 0 spiro atoms. The lowest BCUT2D eigenvalue weighted by atomic mass is 10.0. The Balaban J connectivity index is 2.66. The lowest BCUT2D eigenvalue weighted by Gasteiger charge is -2.40. The van der Waals surface area contributed by atoms with Crippen LogP contribution in [0.3, 0.4) is 0 Å². The van der Waals surface area contributed by atoms with Crippen molar-refractivity contribution in [1.82, 2.24) is 4.90 Å². The number of rotatable bonds is 1. The topological polar surface area (TPSA) is 55.6 Å². The number of amides is 1. The molecule has 0 unspecified atom stereocenters. The van der Waals surface area contributed by atoms with E-state index in [0.29, 0.717) is 19.7 Å². The maximum atomic E-state index is 11.9. The highest BCUT2D eigenvalue weighted by Crippen LogP contribution is 2.18. The van der Waals surface area contributed by atoms with E-state index in [1.165, 1.54) is 0 Å². The monoisotopic (exact) mass is 200 g/mol. The van der Waals surface area contributed by atoms with Crippen LogP contribution in [0.5, 0.6) is 0 Å². The summed E-state index contributed by atoms with van der Waals surface area (Å²) in [6.45, 7) is 9.28. The second kappa shape index (κ2) is 3.51. The molecule has 2 N–H and O–H groups in total. The van der Waals surface area contributed by atoms with E-state index < -0.39 is 5.54 Å². The minimum Gasteiger partial charge on any atom is -0.372 e. The summed E-state index contributed by atoms with van der Waals surface area (Å²) < 4.78 is 5.52. The van der Waals surface area contributed by atoms with Crippen molar-refractivity contribution in [2.45, 2.75) is 38.8 Å². The fraction of sp³-hybridized carbons (Fsp3) is 0.900. The Labute approximate surface area is 85.4 Å². The molecule has 0 aromatic heterocycles. The van der Waals surface area contributed by atoms with E-state index in [9.17, 15) is 4.79 Å². The summed E-state index contributed by atoms with van der Waals surface area (Å²) in [5, 5.41) is 0. The predicted molar refractivity (Wildman–Crippen MR) is 54.9 cm³/mol. The molecular formula is C10H20N2O2. The average molecular weight is 200 g/mol. The summed E-state index contributed by atoms with van der Waals surface area (Å²) in [6.07, 6.45) is 0.